The van der Waals surface area contributed by atoms with Crippen LogP contribution >= 0.6 is 15.9 Å². The Hall–Kier alpha value is -0.410. The van der Waals surface area contributed by atoms with Gasteiger partial charge in [-0.2, -0.15) is 0 Å². The van der Waals surface area contributed by atoms with E-state index in [0.717, 1.165) is 22.9 Å². The summed E-state index contributed by atoms with van der Waals surface area (Å²) < 4.78 is 13.8. The molecular formula is C12H14BrFO. The molecule has 0 heterocycles. The van der Waals surface area contributed by atoms with Gasteiger partial charge in [0.15, 0.2) is 0 Å². The maximum Gasteiger partial charge on any atom is 0.124 e. The number of halogens is 2. The average Bonchev–Trinajstić information content (AvgIpc) is 2.80. The van der Waals surface area contributed by atoms with Gasteiger partial charge in [-0.1, -0.05) is 15.9 Å². The van der Waals surface area contributed by atoms with E-state index in [1.165, 1.54) is 12.1 Å². The van der Waals surface area contributed by atoms with Gasteiger partial charge >= 0.3 is 0 Å². The molecule has 0 spiro atoms. The molecule has 3 heteroatoms. The number of rotatable bonds is 3. The van der Waals surface area contributed by atoms with Gasteiger partial charge in [0.2, 0.25) is 0 Å². The van der Waals surface area contributed by atoms with Crippen LogP contribution in [0.5, 0.6) is 0 Å². The fourth-order valence-corrected chi connectivity index (χ4v) is 2.49. The highest BCUT2D eigenvalue weighted by Crippen LogP contribution is 2.41. The molecule has 1 fully saturated rings. The van der Waals surface area contributed by atoms with Gasteiger partial charge in [0.05, 0.1) is 5.60 Å². The third kappa shape index (κ3) is 2.79. The molecule has 1 nitrogen and oxygen atoms in total. The summed E-state index contributed by atoms with van der Waals surface area (Å²) in [4.78, 5) is 0. The van der Waals surface area contributed by atoms with Gasteiger partial charge in [-0.05, 0) is 49.4 Å². The van der Waals surface area contributed by atoms with E-state index in [2.05, 4.69) is 15.9 Å². The second-order valence-electron chi connectivity index (χ2n) is 4.59. The molecule has 0 aliphatic heterocycles. The van der Waals surface area contributed by atoms with Gasteiger partial charge in [-0.15, -0.1) is 0 Å². The summed E-state index contributed by atoms with van der Waals surface area (Å²) in [5, 5.41) is 10.2. The van der Waals surface area contributed by atoms with Gasteiger partial charge in [0, 0.05) is 10.9 Å². The average molecular weight is 273 g/mol. The Morgan fingerprint density at radius 3 is 2.67 bits per heavy atom. The molecule has 1 N–H and O–H groups in total. The molecule has 82 valence electrons. The van der Waals surface area contributed by atoms with E-state index in [9.17, 15) is 9.50 Å². The summed E-state index contributed by atoms with van der Waals surface area (Å²) in [5.41, 5.74) is 0.159. The van der Waals surface area contributed by atoms with Gasteiger partial charge in [-0.25, -0.2) is 4.39 Å². The topological polar surface area (TPSA) is 20.2 Å². The minimum absolute atomic E-state index is 0.258. The maximum absolute atomic E-state index is 13.1. The molecule has 2 rings (SSSR count). The number of aliphatic hydroxyl groups is 1. The van der Waals surface area contributed by atoms with E-state index in [4.69, 9.17) is 0 Å². The third-order valence-electron chi connectivity index (χ3n) is 2.94. The monoisotopic (exact) mass is 272 g/mol. The zero-order valence-corrected chi connectivity index (χ0v) is 10.2. The first-order valence-corrected chi connectivity index (χ1v) is 5.94. The van der Waals surface area contributed by atoms with Crippen molar-refractivity contribution >= 4 is 15.9 Å². The van der Waals surface area contributed by atoms with E-state index < -0.39 is 5.60 Å². The van der Waals surface area contributed by atoms with E-state index in [-0.39, 0.29) is 5.82 Å². The Balaban J connectivity index is 2.16. The Morgan fingerprint density at radius 1 is 1.47 bits per heavy atom. The summed E-state index contributed by atoms with van der Waals surface area (Å²) in [6, 6.07) is 4.77. The zero-order chi connectivity index (χ0) is 11.1. The lowest BCUT2D eigenvalue weighted by molar-refractivity contribution is 0.0371. The Bertz CT molecular complexity index is 352. The molecule has 1 saturated carbocycles. The molecule has 1 aliphatic carbocycles. The number of benzene rings is 1. The van der Waals surface area contributed by atoms with Crippen LogP contribution in [-0.2, 0) is 6.42 Å². The number of hydrogen-bond acceptors (Lipinski definition) is 1. The van der Waals surface area contributed by atoms with Crippen LogP contribution in [0.4, 0.5) is 4.39 Å². The summed E-state index contributed by atoms with van der Waals surface area (Å²) in [5.74, 6) is 0.130. The van der Waals surface area contributed by atoms with E-state index in [1.807, 2.05) is 13.0 Å². The number of hydrogen-bond donors (Lipinski definition) is 1. The molecule has 0 saturated heterocycles. The van der Waals surface area contributed by atoms with Gasteiger partial charge in [0.25, 0.3) is 0 Å². The van der Waals surface area contributed by atoms with Crippen molar-refractivity contribution in [2.45, 2.75) is 31.8 Å². The smallest absolute Gasteiger partial charge is 0.124 e. The molecule has 0 radical (unpaired) electrons. The predicted molar refractivity (Wildman–Crippen MR) is 61.2 cm³/mol. The van der Waals surface area contributed by atoms with Crippen molar-refractivity contribution in [2.24, 2.45) is 5.92 Å². The van der Waals surface area contributed by atoms with E-state index in [1.54, 1.807) is 0 Å². The minimum atomic E-state index is -0.687. The first kappa shape index (κ1) is 11.1. The highest BCUT2D eigenvalue weighted by atomic mass is 79.9. The summed E-state index contributed by atoms with van der Waals surface area (Å²) in [6.07, 6.45) is 2.70. The van der Waals surface area contributed by atoms with Crippen LogP contribution in [0.3, 0.4) is 0 Å². The maximum atomic E-state index is 13.1. The van der Waals surface area contributed by atoms with Crippen LogP contribution in [0.1, 0.15) is 25.3 Å². The first-order chi connectivity index (χ1) is 6.97. The summed E-state index contributed by atoms with van der Waals surface area (Å²) in [7, 11) is 0. The van der Waals surface area contributed by atoms with Crippen molar-refractivity contribution in [1.82, 2.24) is 0 Å². The van der Waals surface area contributed by atoms with Gasteiger partial charge in [0.1, 0.15) is 5.82 Å². The van der Waals surface area contributed by atoms with E-state index >= 15 is 0 Å². The molecule has 0 aromatic heterocycles. The molecule has 1 aliphatic rings. The fraction of sp³-hybridized carbons (Fsp3) is 0.500. The lowest BCUT2D eigenvalue weighted by Crippen LogP contribution is -2.29. The van der Waals surface area contributed by atoms with Gasteiger partial charge < -0.3 is 5.11 Å². The van der Waals surface area contributed by atoms with Crippen molar-refractivity contribution < 1.29 is 9.50 Å². The highest BCUT2D eigenvalue weighted by Gasteiger charge is 2.39. The standard InChI is InChI=1S/C12H14BrFO/c1-12(15,9-2-3-9)7-8-4-10(13)6-11(14)5-8/h4-6,9,15H,2-3,7H2,1H3. The Labute approximate surface area is 97.4 Å². The largest absolute Gasteiger partial charge is 0.390 e. The Morgan fingerprint density at radius 2 is 2.13 bits per heavy atom. The summed E-state index contributed by atoms with van der Waals surface area (Å²) >= 11 is 3.25. The van der Waals surface area contributed by atoms with Crippen molar-refractivity contribution in [3.8, 4) is 0 Å². The van der Waals surface area contributed by atoms with Crippen LogP contribution in [0.15, 0.2) is 22.7 Å². The van der Waals surface area contributed by atoms with Crippen molar-refractivity contribution in [1.29, 1.82) is 0 Å². The molecule has 1 aromatic carbocycles. The highest BCUT2D eigenvalue weighted by molar-refractivity contribution is 9.10. The lowest BCUT2D eigenvalue weighted by atomic mass is 9.92. The molecule has 1 aromatic rings. The van der Waals surface area contributed by atoms with Crippen molar-refractivity contribution in [3.05, 3.63) is 34.1 Å². The quantitative estimate of drug-likeness (QED) is 0.896. The minimum Gasteiger partial charge on any atom is -0.390 e. The molecule has 0 amide bonds. The molecule has 15 heavy (non-hydrogen) atoms. The normalized spacial score (nSPS) is 20.0. The lowest BCUT2D eigenvalue weighted by Gasteiger charge is -2.23. The van der Waals surface area contributed by atoms with Crippen LogP contribution < -0.4 is 0 Å². The molecule has 1 unspecified atom stereocenters. The summed E-state index contributed by atoms with van der Waals surface area (Å²) in [6.45, 7) is 1.84. The third-order valence-corrected chi connectivity index (χ3v) is 3.40. The second kappa shape index (κ2) is 3.87. The molecule has 1 atom stereocenters. The molecular weight excluding hydrogens is 259 g/mol. The van der Waals surface area contributed by atoms with E-state index in [0.29, 0.717) is 12.3 Å². The zero-order valence-electron chi connectivity index (χ0n) is 8.63. The molecule has 0 bridgehead atoms. The van der Waals surface area contributed by atoms with Gasteiger partial charge in [-0.3, -0.25) is 0 Å². The fourth-order valence-electron chi connectivity index (χ4n) is 1.98. The van der Waals surface area contributed by atoms with Crippen LogP contribution in [0.25, 0.3) is 0 Å². The van der Waals surface area contributed by atoms with Crippen LogP contribution in [-0.4, -0.2) is 10.7 Å². The second-order valence-corrected chi connectivity index (χ2v) is 5.50. The SMILES string of the molecule is CC(O)(Cc1cc(F)cc(Br)c1)C1CC1. The van der Waals surface area contributed by atoms with Crippen molar-refractivity contribution in [2.75, 3.05) is 0 Å². The Kier molecular flexibility index (Phi) is 2.86. The van der Waals surface area contributed by atoms with Crippen LogP contribution in [0, 0.1) is 11.7 Å². The predicted octanol–water partition coefficient (Wildman–Crippen LogP) is 3.29. The first-order valence-electron chi connectivity index (χ1n) is 5.15. The van der Waals surface area contributed by atoms with Crippen molar-refractivity contribution in [3.63, 3.8) is 0 Å². The van der Waals surface area contributed by atoms with Crippen LogP contribution in [0.2, 0.25) is 0 Å².